The van der Waals surface area contributed by atoms with Gasteiger partial charge in [0.05, 0.1) is 5.92 Å². The van der Waals surface area contributed by atoms with Crippen LogP contribution in [0.5, 0.6) is 0 Å². The normalized spacial score (nSPS) is 13.1. The smallest absolute Gasteiger partial charge is 0.307 e. The van der Waals surface area contributed by atoms with Crippen LogP contribution in [0.25, 0.3) is 5.76 Å². The zero-order chi connectivity index (χ0) is 12.7. The molecule has 3 nitrogen and oxygen atoms in total. The highest BCUT2D eigenvalue weighted by atomic mass is 16.4. The first-order chi connectivity index (χ1) is 8.15. The Labute approximate surface area is 101 Å². The highest BCUT2D eigenvalue weighted by Gasteiger charge is 2.14. The summed E-state index contributed by atoms with van der Waals surface area (Å²) in [6, 6.07) is 9.04. The molecule has 0 aliphatic rings. The minimum atomic E-state index is -0.873. The molecule has 0 radical (unpaired) electrons. The number of aliphatic hydroxyl groups excluding tert-OH is 1. The Morgan fingerprint density at radius 1 is 1.24 bits per heavy atom. The van der Waals surface area contributed by atoms with Crippen molar-refractivity contribution in [3.63, 3.8) is 0 Å². The lowest BCUT2D eigenvalue weighted by Crippen LogP contribution is -2.11. The minimum Gasteiger partial charge on any atom is -0.508 e. The molecule has 0 amide bonds. The lowest BCUT2D eigenvalue weighted by molar-refractivity contribution is -0.141. The van der Waals surface area contributed by atoms with E-state index in [-0.39, 0.29) is 5.76 Å². The Hall–Kier alpha value is -2.03. The van der Waals surface area contributed by atoms with Crippen LogP contribution >= 0.6 is 0 Å². The molecule has 0 heterocycles. The quantitative estimate of drug-likeness (QED) is 0.584. The van der Waals surface area contributed by atoms with E-state index >= 15 is 0 Å². The molecule has 2 N–H and O–H groups in total. The first-order valence-corrected chi connectivity index (χ1v) is 5.43. The van der Waals surface area contributed by atoms with Crippen LogP contribution in [0.1, 0.15) is 18.4 Å². The van der Waals surface area contributed by atoms with Gasteiger partial charge in [-0.25, -0.2) is 0 Å². The first-order valence-electron chi connectivity index (χ1n) is 5.43. The summed E-state index contributed by atoms with van der Waals surface area (Å²) in [4.78, 5) is 10.9. The second-order valence-corrected chi connectivity index (χ2v) is 3.75. The molecule has 1 atom stereocenters. The van der Waals surface area contributed by atoms with Gasteiger partial charge in [0.25, 0.3) is 0 Å². The summed E-state index contributed by atoms with van der Waals surface area (Å²) in [5.74, 6) is -1.29. The van der Waals surface area contributed by atoms with E-state index in [1.54, 1.807) is 18.2 Å². The highest BCUT2D eigenvalue weighted by molar-refractivity contribution is 5.71. The van der Waals surface area contributed by atoms with E-state index in [9.17, 15) is 9.90 Å². The number of benzene rings is 1. The van der Waals surface area contributed by atoms with Gasteiger partial charge in [0.1, 0.15) is 5.76 Å². The van der Waals surface area contributed by atoms with Gasteiger partial charge >= 0.3 is 5.97 Å². The van der Waals surface area contributed by atoms with Crippen molar-refractivity contribution in [2.45, 2.75) is 12.8 Å². The van der Waals surface area contributed by atoms with Crippen molar-refractivity contribution in [2.24, 2.45) is 5.92 Å². The van der Waals surface area contributed by atoms with Crippen LogP contribution in [0.2, 0.25) is 0 Å². The number of carbonyl (C=O) groups is 1. The second-order valence-electron chi connectivity index (χ2n) is 3.75. The number of aliphatic hydroxyl groups is 1. The summed E-state index contributed by atoms with van der Waals surface area (Å²) in [6.45, 7) is 3.52. The lowest BCUT2D eigenvalue weighted by Gasteiger charge is -2.07. The Kier molecular flexibility index (Phi) is 5.01. The predicted molar refractivity (Wildman–Crippen MR) is 67.6 cm³/mol. The average molecular weight is 232 g/mol. The molecule has 0 aliphatic carbocycles. The van der Waals surface area contributed by atoms with Crippen LogP contribution in [0.4, 0.5) is 0 Å². The number of allylic oxidation sites excluding steroid dienone is 2. The van der Waals surface area contributed by atoms with Gasteiger partial charge in [-0.05, 0) is 18.9 Å². The highest BCUT2D eigenvalue weighted by Crippen LogP contribution is 2.16. The Morgan fingerprint density at radius 2 is 1.88 bits per heavy atom. The molecule has 1 rings (SSSR count). The fourth-order valence-electron chi connectivity index (χ4n) is 1.48. The minimum absolute atomic E-state index is 0.112. The SMILES string of the molecule is C=CCC(CC=C(O)c1ccccc1)C(=O)O. The monoisotopic (exact) mass is 232 g/mol. The summed E-state index contributed by atoms with van der Waals surface area (Å²) in [7, 11) is 0. The lowest BCUT2D eigenvalue weighted by atomic mass is 10.0. The molecule has 3 heteroatoms. The van der Waals surface area contributed by atoms with E-state index in [0.717, 1.165) is 0 Å². The molecule has 0 saturated carbocycles. The van der Waals surface area contributed by atoms with Gasteiger partial charge in [-0.1, -0.05) is 36.4 Å². The van der Waals surface area contributed by atoms with Gasteiger partial charge in [-0.15, -0.1) is 6.58 Å². The zero-order valence-electron chi connectivity index (χ0n) is 9.54. The van der Waals surface area contributed by atoms with Gasteiger partial charge in [0, 0.05) is 5.56 Å². The van der Waals surface area contributed by atoms with Crippen molar-refractivity contribution >= 4 is 11.7 Å². The number of rotatable bonds is 6. The molecule has 0 fully saturated rings. The van der Waals surface area contributed by atoms with E-state index in [4.69, 9.17) is 5.11 Å². The summed E-state index contributed by atoms with van der Waals surface area (Å²) in [5.41, 5.74) is 0.690. The maximum absolute atomic E-state index is 10.9. The molecule has 0 aromatic heterocycles. The van der Waals surface area contributed by atoms with Crippen LogP contribution in [-0.2, 0) is 4.79 Å². The van der Waals surface area contributed by atoms with Crippen molar-refractivity contribution in [2.75, 3.05) is 0 Å². The molecular weight excluding hydrogens is 216 g/mol. The zero-order valence-corrected chi connectivity index (χ0v) is 9.54. The van der Waals surface area contributed by atoms with E-state index < -0.39 is 11.9 Å². The summed E-state index contributed by atoms with van der Waals surface area (Å²) < 4.78 is 0. The largest absolute Gasteiger partial charge is 0.508 e. The van der Waals surface area contributed by atoms with Crippen LogP contribution < -0.4 is 0 Å². The third-order valence-corrected chi connectivity index (χ3v) is 2.47. The Balaban J connectivity index is 2.69. The molecule has 0 spiro atoms. The van der Waals surface area contributed by atoms with Crippen molar-refractivity contribution in [3.8, 4) is 0 Å². The number of hydrogen-bond donors (Lipinski definition) is 2. The third kappa shape index (κ3) is 4.15. The molecule has 1 unspecified atom stereocenters. The van der Waals surface area contributed by atoms with E-state index in [1.807, 2.05) is 18.2 Å². The molecule has 17 heavy (non-hydrogen) atoms. The number of aliphatic carboxylic acids is 1. The average Bonchev–Trinajstić information content (AvgIpc) is 2.34. The first kappa shape index (κ1) is 13.0. The summed E-state index contributed by atoms with van der Waals surface area (Å²) >= 11 is 0. The van der Waals surface area contributed by atoms with E-state index in [2.05, 4.69) is 6.58 Å². The van der Waals surface area contributed by atoms with Crippen molar-refractivity contribution in [1.82, 2.24) is 0 Å². The van der Waals surface area contributed by atoms with Gasteiger partial charge < -0.3 is 10.2 Å². The van der Waals surface area contributed by atoms with Crippen LogP contribution in [0, 0.1) is 5.92 Å². The molecular formula is C14H16O3. The van der Waals surface area contributed by atoms with Gasteiger partial charge in [-0.2, -0.15) is 0 Å². The van der Waals surface area contributed by atoms with Gasteiger partial charge in [0.2, 0.25) is 0 Å². The summed E-state index contributed by atoms with van der Waals surface area (Å²) in [6.07, 6.45) is 3.81. The maximum Gasteiger partial charge on any atom is 0.307 e. The fraction of sp³-hybridized carbons (Fsp3) is 0.214. The molecule has 90 valence electrons. The third-order valence-electron chi connectivity index (χ3n) is 2.47. The predicted octanol–water partition coefficient (Wildman–Crippen LogP) is 3.25. The van der Waals surface area contributed by atoms with Crippen LogP contribution in [-0.4, -0.2) is 16.2 Å². The molecule has 1 aromatic rings. The van der Waals surface area contributed by atoms with E-state index in [1.165, 1.54) is 6.08 Å². The Bertz CT molecular complexity index is 407. The molecule has 0 bridgehead atoms. The molecule has 0 saturated heterocycles. The van der Waals surface area contributed by atoms with E-state index in [0.29, 0.717) is 18.4 Å². The Morgan fingerprint density at radius 3 is 2.41 bits per heavy atom. The number of hydrogen-bond acceptors (Lipinski definition) is 2. The van der Waals surface area contributed by atoms with Crippen molar-refractivity contribution in [1.29, 1.82) is 0 Å². The topological polar surface area (TPSA) is 57.5 Å². The standard InChI is InChI=1S/C14H16O3/c1-2-6-12(14(16)17)9-10-13(15)11-7-4-3-5-8-11/h2-5,7-8,10,12,15H,1,6,9H2,(H,16,17). The van der Waals surface area contributed by atoms with Crippen molar-refractivity contribution in [3.05, 3.63) is 54.6 Å². The fourth-order valence-corrected chi connectivity index (χ4v) is 1.48. The number of carboxylic acids is 1. The van der Waals surface area contributed by atoms with Crippen LogP contribution in [0.3, 0.4) is 0 Å². The van der Waals surface area contributed by atoms with Gasteiger partial charge in [-0.3, -0.25) is 4.79 Å². The van der Waals surface area contributed by atoms with Gasteiger partial charge in [0.15, 0.2) is 0 Å². The summed E-state index contributed by atoms with van der Waals surface area (Å²) in [5, 5.41) is 18.7. The van der Waals surface area contributed by atoms with Crippen molar-refractivity contribution < 1.29 is 15.0 Å². The second kappa shape index (κ2) is 6.53. The van der Waals surface area contributed by atoms with Crippen LogP contribution in [0.15, 0.2) is 49.1 Å². The molecule has 0 aliphatic heterocycles. The maximum atomic E-state index is 10.9. The number of carboxylic acid groups (broad SMARTS) is 1. The molecule has 1 aromatic carbocycles.